The minimum Gasteiger partial charge on any atom is -0.476 e. The lowest BCUT2D eigenvalue weighted by atomic mass is 10.2. The van der Waals surface area contributed by atoms with Crippen molar-refractivity contribution in [1.82, 2.24) is 10.3 Å². The molecule has 2 heterocycles. The van der Waals surface area contributed by atoms with E-state index in [1.807, 2.05) is 0 Å². The van der Waals surface area contributed by atoms with Crippen molar-refractivity contribution < 1.29 is 14.7 Å². The fraction of sp³-hybridized carbons (Fsp3) is 0.364. The van der Waals surface area contributed by atoms with Crippen LogP contribution in [0.15, 0.2) is 12.1 Å². The molecule has 7 heteroatoms. The van der Waals surface area contributed by atoms with Crippen LogP contribution in [0.5, 0.6) is 0 Å². The third-order valence-electron chi connectivity index (χ3n) is 2.66. The van der Waals surface area contributed by atoms with Gasteiger partial charge in [-0.15, -0.1) is 0 Å². The summed E-state index contributed by atoms with van der Waals surface area (Å²) in [5.41, 5.74) is -0.183. The molecule has 1 amide bonds. The summed E-state index contributed by atoms with van der Waals surface area (Å²) in [5, 5.41) is 14.8. The van der Waals surface area contributed by atoms with Crippen LogP contribution in [0.1, 0.15) is 23.3 Å². The lowest BCUT2D eigenvalue weighted by Crippen LogP contribution is -2.32. The molecule has 1 fully saturated rings. The Morgan fingerprint density at radius 1 is 1.61 bits per heavy atom. The quantitative estimate of drug-likeness (QED) is 0.762. The number of aromatic carboxylic acids is 1. The topological polar surface area (TPSA) is 91.3 Å². The monoisotopic (exact) mass is 269 g/mol. The molecule has 96 valence electrons. The van der Waals surface area contributed by atoms with Crippen molar-refractivity contribution in [1.29, 1.82) is 0 Å². The maximum absolute atomic E-state index is 11.0. The Bertz CT molecular complexity index is 492. The van der Waals surface area contributed by atoms with Crippen LogP contribution in [-0.2, 0) is 4.79 Å². The summed E-state index contributed by atoms with van der Waals surface area (Å²) in [4.78, 5) is 25.7. The minimum absolute atomic E-state index is 0.0390. The van der Waals surface area contributed by atoms with Gasteiger partial charge < -0.3 is 15.7 Å². The molecule has 0 aliphatic carbocycles. The number of aromatic nitrogens is 1. The molecule has 1 aliphatic rings. The number of hydrogen-bond donors (Lipinski definition) is 3. The summed E-state index contributed by atoms with van der Waals surface area (Å²) in [5.74, 6) is -0.701. The molecule has 0 radical (unpaired) electrons. The van der Waals surface area contributed by atoms with Crippen molar-refractivity contribution in [3.63, 3.8) is 0 Å². The average Bonchev–Trinajstić information content (AvgIpc) is 2.74. The number of rotatable bonds is 4. The second-order valence-corrected chi connectivity index (χ2v) is 4.42. The van der Waals surface area contributed by atoms with E-state index < -0.39 is 5.97 Å². The first-order valence-electron chi connectivity index (χ1n) is 5.49. The summed E-state index contributed by atoms with van der Waals surface area (Å²) in [6.07, 6.45) is 1.30. The highest BCUT2D eigenvalue weighted by Crippen LogP contribution is 2.17. The maximum Gasteiger partial charge on any atom is 0.356 e. The van der Waals surface area contributed by atoms with Gasteiger partial charge in [-0.3, -0.25) is 4.79 Å². The molecule has 0 spiro atoms. The van der Waals surface area contributed by atoms with Crippen molar-refractivity contribution in [3.8, 4) is 0 Å². The van der Waals surface area contributed by atoms with Crippen molar-refractivity contribution in [3.05, 3.63) is 22.8 Å². The van der Waals surface area contributed by atoms with Gasteiger partial charge in [0.05, 0.1) is 5.02 Å². The highest BCUT2D eigenvalue weighted by Gasteiger charge is 2.20. The number of halogens is 1. The van der Waals surface area contributed by atoms with Gasteiger partial charge >= 0.3 is 5.97 Å². The highest BCUT2D eigenvalue weighted by molar-refractivity contribution is 6.33. The van der Waals surface area contributed by atoms with E-state index >= 15 is 0 Å². The molecule has 1 aromatic rings. The average molecular weight is 270 g/mol. The maximum atomic E-state index is 11.0. The van der Waals surface area contributed by atoms with E-state index in [4.69, 9.17) is 16.7 Å². The van der Waals surface area contributed by atoms with Gasteiger partial charge in [0.2, 0.25) is 5.91 Å². The second-order valence-electron chi connectivity index (χ2n) is 4.02. The van der Waals surface area contributed by atoms with Gasteiger partial charge in [0.1, 0.15) is 5.82 Å². The number of carboxylic acid groups (broad SMARTS) is 1. The zero-order valence-corrected chi connectivity index (χ0v) is 10.2. The third-order valence-corrected chi connectivity index (χ3v) is 2.97. The molecule has 1 saturated heterocycles. The molecule has 0 bridgehead atoms. The number of amides is 1. The van der Waals surface area contributed by atoms with Crippen LogP contribution in [0.3, 0.4) is 0 Å². The van der Waals surface area contributed by atoms with Gasteiger partial charge in [-0.1, -0.05) is 11.6 Å². The lowest BCUT2D eigenvalue weighted by Gasteiger charge is -2.12. The van der Waals surface area contributed by atoms with Gasteiger partial charge in [0.15, 0.2) is 5.69 Å². The van der Waals surface area contributed by atoms with E-state index in [9.17, 15) is 9.59 Å². The fourth-order valence-corrected chi connectivity index (χ4v) is 1.93. The number of carboxylic acids is 1. The van der Waals surface area contributed by atoms with E-state index in [0.717, 1.165) is 6.42 Å². The smallest absolute Gasteiger partial charge is 0.356 e. The Labute approximate surface area is 108 Å². The third kappa shape index (κ3) is 2.89. The molecule has 18 heavy (non-hydrogen) atoms. The SMILES string of the molecule is O=C1CCC(CNc2ccc(Cl)c(C(=O)O)n2)N1. The normalized spacial score (nSPS) is 18.5. The van der Waals surface area contributed by atoms with Crippen molar-refractivity contribution in [2.24, 2.45) is 0 Å². The summed E-state index contributed by atoms with van der Waals surface area (Å²) in [7, 11) is 0. The number of anilines is 1. The van der Waals surface area contributed by atoms with Crippen molar-refractivity contribution in [2.45, 2.75) is 18.9 Å². The predicted octanol–water partition coefficient (Wildman–Crippen LogP) is 1.12. The van der Waals surface area contributed by atoms with Gasteiger partial charge in [-0.25, -0.2) is 9.78 Å². The van der Waals surface area contributed by atoms with E-state index in [-0.39, 0.29) is 22.7 Å². The molecule has 1 aromatic heterocycles. The number of carbonyl (C=O) groups is 2. The van der Waals surface area contributed by atoms with Gasteiger partial charge in [0.25, 0.3) is 0 Å². The van der Waals surface area contributed by atoms with Crippen LogP contribution in [0.25, 0.3) is 0 Å². The van der Waals surface area contributed by atoms with Crippen LogP contribution in [0.4, 0.5) is 5.82 Å². The minimum atomic E-state index is -1.17. The predicted molar refractivity (Wildman–Crippen MR) is 65.9 cm³/mol. The summed E-state index contributed by atoms with van der Waals surface area (Å²) in [6, 6.07) is 3.14. The molecule has 0 saturated carbocycles. The molecule has 0 aromatic carbocycles. The largest absolute Gasteiger partial charge is 0.476 e. The zero-order chi connectivity index (χ0) is 13.1. The first-order valence-corrected chi connectivity index (χ1v) is 5.87. The van der Waals surface area contributed by atoms with E-state index in [0.29, 0.717) is 18.8 Å². The molecular formula is C11H12ClN3O3. The number of nitrogens with zero attached hydrogens (tertiary/aromatic N) is 1. The number of nitrogens with one attached hydrogen (secondary N) is 2. The Kier molecular flexibility index (Phi) is 3.66. The van der Waals surface area contributed by atoms with Crippen LogP contribution >= 0.6 is 11.6 Å². The standard InChI is InChI=1S/C11H12ClN3O3/c12-7-2-3-8(15-10(7)11(17)18)13-5-6-1-4-9(16)14-6/h2-3,6H,1,4-5H2,(H,13,15)(H,14,16)(H,17,18). The Hall–Kier alpha value is -1.82. The molecule has 1 aliphatic heterocycles. The Morgan fingerprint density at radius 3 is 3.00 bits per heavy atom. The molecule has 2 rings (SSSR count). The number of carbonyl (C=O) groups excluding carboxylic acids is 1. The van der Waals surface area contributed by atoms with E-state index in [1.165, 1.54) is 6.07 Å². The van der Waals surface area contributed by atoms with Crippen LogP contribution < -0.4 is 10.6 Å². The fourth-order valence-electron chi connectivity index (χ4n) is 1.75. The zero-order valence-electron chi connectivity index (χ0n) is 9.44. The molecule has 1 atom stereocenters. The summed E-state index contributed by atoms with van der Waals surface area (Å²) >= 11 is 5.71. The van der Waals surface area contributed by atoms with Crippen molar-refractivity contribution >= 4 is 29.3 Å². The number of hydrogen-bond acceptors (Lipinski definition) is 4. The Morgan fingerprint density at radius 2 is 2.39 bits per heavy atom. The first-order chi connectivity index (χ1) is 8.56. The molecule has 3 N–H and O–H groups in total. The van der Waals surface area contributed by atoms with Crippen LogP contribution in [0.2, 0.25) is 5.02 Å². The number of pyridine rings is 1. The molecular weight excluding hydrogens is 258 g/mol. The molecule has 6 nitrogen and oxygen atoms in total. The van der Waals surface area contributed by atoms with Crippen LogP contribution in [-0.4, -0.2) is 34.6 Å². The van der Waals surface area contributed by atoms with Crippen LogP contribution in [0, 0.1) is 0 Å². The molecule has 1 unspecified atom stereocenters. The van der Waals surface area contributed by atoms with E-state index in [2.05, 4.69) is 15.6 Å². The first kappa shape index (κ1) is 12.6. The lowest BCUT2D eigenvalue weighted by molar-refractivity contribution is -0.119. The van der Waals surface area contributed by atoms with Gasteiger partial charge in [-0.2, -0.15) is 0 Å². The Balaban J connectivity index is 1.99. The highest BCUT2D eigenvalue weighted by atomic mass is 35.5. The summed E-state index contributed by atoms with van der Waals surface area (Å²) in [6.45, 7) is 0.513. The van der Waals surface area contributed by atoms with E-state index in [1.54, 1.807) is 6.07 Å². The summed E-state index contributed by atoms with van der Waals surface area (Å²) < 4.78 is 0. The second kappa shape index (κ2) is 5.22. The van der Waals surface area contributed by atoms with Crippen molar-refractivity contribution in [2.75, 3.05) is 11.9 Å². The van der Waals surface area contributed by atoms with Gasteiger partial charge in [-0.05, 0) is 18.6 Å². The van der Waals surface area contributed by atoms with Gasteiger partial charge in [0, 0.05) is 19.0 Å².